The predicted octanol–water partition coefficient (Wildman–Crippen LogP) is 3.35. The molecule has 104 valence electrons. The predicted molar refractivity (Wildman–Crippen MR) is 83.6 cm³/mol. The molecule has 0 aliphatic carbocycles. The van der Waals surface area contributed by atoms with Gasteiger partial charge in [0.25, 0.3) is 0 Å². The summed E-state index contributed by atoms with van der Waals surface area (Å²) in [6.45, 7) is 2.14. The monoisotopic (exact) mass is 266 g/mol. The van der Waals surface area contributed by atoms with Gasteiger partial charge in [-0.2, -0.15) is 0 Å². The molecule has 0 unspecified atom stereocenters. The molecule has 0 aromatic heterocycles. The van der Waals surface area contributed by atoms with Crippen molar-refractivity contribution in [3.63, 3.8) is 0 Å². The highest BCUT2D eigenvalue weighted by Gasteiger charge is 2.31. The number of hydrogen-bond donors (Lipinski definition) is 0. The van der Waals surface area contributed by atoms with E-state index < -0.39 is 0 Å². The van der Waals surface area contributed by atoms with E-state index in [-0.39, 0.29) is 0 Å². The fourth-order valence-electron chi connectivity index (χ4n) is 3.15. The van der Waals surface area contributed by atoms with Gasteiger partial charge in [0.05, 0.1) is 0 Å². The molecule has 2 atom stereocenters. The molecule has 2 nitrogen and oxygen atoms in total. The van der Waals surface area contributed by atoms with Crippen LogP contribution < -0.4 is 0 Å². The second kappa shape index (κ2) is 5.78. The van der Waals surface area contributed by atoms with Crippen molar-refractivity contribution in [2.45, 2.75) is 12.1 Å². The van der Waals surface area contributed by atoms with Crippen molar-refractivity contribution >= 4 is 0 Å². The van der Waals surface area contributed by atoms with Gasteiger partial charge in [0, 0.05) is 25.2 Å². The Hall–Kier alpha value is -1.64. The van der Waals surface area contributed by atoms with Crippen LogP contribution in [0.5, 0.6) is 0 Å². The van der Waals surface area contributed by atoms with Gasteiger partial charge in [0.2, 0.25) is 0 Å². The molecule has 1 aliphatic heterocycles. The zero-order chi connectivity index (χ0) is 13.9. The van der Waals surface area contributed by atoms with Crippen LogP contribution in [0.2, 0.25) is 0 Å². The molecular formula is C18H22N2. The van der Waals surface area contributed by atoms with Crippen LogP contribution in [0.3, 0.4) is 0 Å². The van der Waals surface area contributed by atoms with E-state index in [1.54, 1.807) is 0 Å². The Labute approximate surface area is 121 Å². The van der Waals surface area contributed by atoms with Crippen LogP contribution in [0.15, 0.2) is 60.7 Å². The minimum Gasteiger partial charge on any atom is -0.296 e. The maximum absolute atomic E-state index is 2.48. The molecule has 3 rings (SSSR count). The van der Waals surface area contributed by atoms with E-state index in [2.05, 4.69) is 84.6 Å². The van der Waals surface area contributed by atoms with Crippen molar-refractivity contribution in [1.82, 2.24) is 9.80 Å². The summed E-state index contributed by atoms with van der Waals surface area (Å²) in [5.74, 6) is 0. The highest BCUT2D eigenvalue weighted by Crippen LogP contribution is 2.32. The van der Waals surface area contributed by atoms with Crippen molar-refractivity contribution in [3.8, 4) is 0 Å². The SMILES string of the molecule is CN1C[C@H](c2ccccc2)N(C)C[C@@H]1c1ccccc1. The molecule has 0 N–H and O–H groups in total. The Morgan fingerprint density at radius 1 is 0.650 bits per heavy atom. The smallest absolute Gasteiger partial charge is 0.0473 e. The summed E-state index contributed by atoms with van der Waals surface area (Å²) in [6, 6.07) is 22.6. The Balaban J connectivity index is 1.80. The molecule has 2 aromatic carbocycles. The molecule has 0 radical (unpaired) electrons. The molecular weight excluding hydrogens is 244 g/mol. The van der Waals surface area contributed by atoms with Gasteiger partial charge in [-0.1, -0.05) is 60.7 Å². The summed E-state index contributed by atoms with van der Waals surface area (Å²) in [4.78, 5) is 4.96. The third-order valence-electron chi connectivity index (χ3n) is 4.35. The number of piperazine rings is 1. The van der Waals surface area contributed by atoms with E-state index in [1.165, 1.54) is 11.1 Å². The Morgan fingerprint density at radius 2 is 1.00 bits per heavy atom. The number of benzene rings is 2. The molecule has 0 amide bonds. The summed E-state index contributed by atoms with van der Waals surface area (Å²) < 4.78 is 0. The first-order chi connectivity index (χ1) is 9.75. The average molecular weight is 266 g/mol. The molecule has 0 saturated carbocycles. The van der Waals surface area contributed by atoms with Gasteiger partial charge in [0.1, 0.15) is 0 Å². The van der Waals surface area contributed by atoms with Crippen molar-refractivity contribution in [3.05, 3.63) is 71.8 Å². The van der Waals surface area contributed by atoms with E-state index in [9.17, 15) is 0 Å². The molecule has 20 heavy (non-hydrogen) atoms. The summed E-state index contributed by atoms with van der Waals surface area (Å²) >= 11 is 0. The lowest BCUT2D eigenvalue weighted by Crippen LogP contribution is -2.46. The lowest BCUT2D eigenvalue weighted by molar-refractivity contribution is 0.0623. The zero-order valence-electron chi connectivity index (χ0n) is 12.2. The van der Waals surface area contributed by atoms with Crippen LogP contribution in [0.1, 0.15) is 23.2 Å². The van der Waals surface area contributed by atoms with Crippen molar-refractivity contribution < 1.29 is 0 Å². The van der Waals surface area contributed by atoms with Gasteiger partial charge in [-0.25, -0.2) is 0 Å². The van der Waals surface area contributed by atoms with E-state index in [1.807, 2.05) is 0 Å². The molecule has 1 heterocycles. The normalized spacial score (nSPS) is 24.7. The highest BCUT2D eigenvalue weighted by atomic mass is 15.3. The Morgan fingerprint density at radius 3 is 1.35 bits per heavy atom. The van der Waals surface area contributed by atoms with E-state index in [4.69, 9.17) is 0 Å². The molecule has 2 aromatic rings. The topological polar surface area (TPSA) is 6.48 Å². The van der Waals surface area contributed by atoms with Gasteiger partial charge in [-0.05, 0) is 25.2 Å². The number of hydrogen-bond acceptors (Lipinski definition) is 2. The van der Waals surface area contributed by atoms with Crippen LogP contribution in [0.25, 0.3) is 0 Å². The van der Waals surface area contributed by atoms with E-state index >= 15 is 0 Å². The minimum atomic E-state index is 0.487. The third-order valence-corrected chi connectivity index (χ3v) is 4.35. The minimum absolute atomic E-state index is 0.487. The maximum Gasteiger partial charge on any atom is 0.0473 e. The lowest BCUT2D eigenvalue weighted by atomic mass is 9.97. The molecule has 1 saturated heterocycles. The average Bonchev–Trinajstić information content (AvgIpc) is 2.51. The van der Waals surface area contributed by atoms with Gasteiger partial charge in [0.15, 0.2) is 0 Å². The molecule has 0 bridgehead atoms. The van der Waals surface area contributed by atoms with Gasteiger partial charge >= 0.3 is 0 Å². The summed E-state index contributed by atoms with van der Waals surface area (Å²) in [6.07, 6.45) is 0. The van der Waals surface area contributed by atoms with Gasteiger partial charge in [-0.3, -0.25) is 9.80 Å². The largest absolute Gasteiger partial charge is 0.296 e. The fraction of sp³-hybridized carbons (Fsp3) is 0.333. The van der Waals surface area contributed by atoms with Crippen LogP contribution in [-0.4, -0.2) is 37.0 Å². The van der Waals surface area contributed by atoms with Crippen LogP contribution in [0.4, 0.5) is 0 Å². The maximum atomic E-state index is 2.48. The number of rotatable bonds is 2. The zero-order valence-corrected chi connectivity index (χ0v) is 12.2. The van der Waals surface area contributed by atoms with Crippen molar-refractivity contribution in [2.24, 2.45) is 0 Å². The van der Waals surface area contributed by atoms with Crippen LogP contribution >= 0.6 is 0 Å². The fourth-order valence-corrected chi connectivity index (χ4v) is 3.15. The quantitative estimate of drug-likeness (QED) is 0.822. The van der Waals surface area contributed by atoms with Crippen LogP contribution in [0, 0.1) is 0 Å². The summed E-state index contributed by atoms with van der Waals surface area (Å²) in [5.41, 5.74) is 2.82. The first kappa shape index (κ1) is 13.3. The van der Waals surface area contributed by atoms with Crippen molar-refractivity contribution in [1.29, 1.82) is 0 Å². The summed E-state index contributed by atoms with van der Waals surface area (Å²) in [5, 5.41) is 0. The first-order valence-electron chi connectivity index (χ1n) is 7.26. The molecule has 1 fully saturated rings. The Kier molecular flexibility index (Phi) is 3.86. The lowest BCUT2D eigenvalue weighted by Gasteiger charge is -2.43. The van der Waals surface area contributed by atoms with Crippen LogP contribution in [-0.2, 0) is 0 Å². The second-order valence-corrected chi connectivity index (χ2v) is 5.73. The number of likely N-dealkylation sites (N-methyl/N-ethyl adjacent to an activating group) is 2. The third kappa shape index (κ3) is 2.62. The van der Waals surface area contributed by atoms with E-state index in [0.717, 1.165) is 13.1 Å². The van der Waals surface area contributed by atoms with Gasteiger partial charge in [-0.15, -0.1) is 0 Å². The van der Waals surface area contributed by atoms with E-state index in [0.29, 0.717) is 12.1 Å². The summed E-state index contributed by atoms with van der Waals surface area (Å²) in [7, 11) is 4.47. The Bertz CT molecular complexity index is 486. The van der Waals surface area contributed by atoms with Gasteiger partial charge < -0.3 is 0 Å². The molecule has 0 spiro atoms. The van der Waals surface area contributed by atoms with Crippen molar-refractivity contribution in [2.75, 3.05) is 27.2 Å². The highest BCUT2D eigenvalue weighted by molar-refractivity contribution is 5.23. The standard InChI is InChI=1S/C18H22N2/c1-19-13-18(16-11-7-4-8-12-16)20(2)14-17(19)15-9-5-3-6-10-15/h3-12,17-18H,13-14H2,1-2H3/t17-,18-/m1/s1. The second-order valence-electron chi connectivity index (χ2n) is 5.73. The molecule has 2 heteroatoms. The number of nitrogens with zero attached hydrogens (tertiary/aromatic N) is 2. The first-order valence-corrected chi connectivity index (χ1v) is 7.26. The molecule has 1 aliphatic rings.